The van der Waals surface area contributed by atoms with Crippen molar-refractivity contribution in [3.05, 3.63) is 0 Å². The van der Waals surface area contributed by atoms with Gasteiger partial charge < -0.3 is 4.74 Å². The first kappa shape index (κ1) is 13.6. The zero-order chi connectivity index (χ0) is 12.2. The summed E-state index contributed by atoms with van der Waals surface area (Å²) < 4.78 is 4.70. The molecule has 0 aliphatic heterocycles. The molecule has 0 bridgehead atoms. The number of ketones is 1. The third-order valence-corrected chi connectivity index (χ3v) is 4.47. The molecule has 0 aromatic carbocycles. The SMILES string of the molecule is COC(=O)CC1(CSC(C)CC(C)=O)CC1. The number of thioether (sulfide) groups is 1. The Balaban J connectivity index is 2.26. The number of carbonyl (C=O) groups excluding carboxylic acids is 2. The summed E-state index contributed by atoms with van der Waals surface area (Å²) in [4.78, 5) is 22.1. The van der Waals surface area contributed by atoms with E-state index < -0.39 is 0 Å². The molecule has 1 rings (SSSR count). The number of hydrogen-bond donors (Lipinski definition) is 0. The number of rotatable bonds is 7. The molecular weight excluding hydrogens is 224 g/mol. The van der Waals surface area contributed by atoms with Crippen molar-refractivity contribution in [2.75, 3.05) is 12.9 Å². The summed E-state index contributed by atoms with van der Waals surface area (Å²) >= 11 is 1.80. The van der Waals surface area contributed by atoms with Crippen LogP contribution in [0.4, 0.5) is 0 Å². The van der Waals surface area contributed by atoms with Crippen LogP contribution in [0.3, 0.4) is 0 Å². The Labute approximate surface area is 101 Å². The standard InChI is InChI=1S/C12H20O3S/c1-9(13)6-10(2)16-8-12(4-5-12)7-11(14)15-3/h10H,4-8H2,1-3H3. The van der Waals surface area contributed by atoms with Gasteiger partial charge in [0.05, 0.1) is 13.5 Å². The van der Waals surface area contributed by atoms with E-state index in [1.54, 1.807) is 18.7 Å². The van der Waals surface area contributed by atoms with Crippen molar-refractivity contribution in [1.29, 1.82) is 0 Å². The lowest BCUT2D eigenvalue weighted by molar-refractivity contribution is -0.141. The zero-order valence-corrected chi connectivity index (χ0v) is 11.1. The minimum absolute atomic E-state index is 0.114. The number of ether oxygens (including phenoxy) is 1. The second-order valence-corrected chi connectivity index (χ2v) is 6.21. The van der Waals surface area contributed by atoms with Gasteiger partial charge in [0, 0.05) is 11.7 Å². The molecule has 0 heterocycles. The molecule has 1 fully saturated rings. The van der Waals surface area contributed by atoms with Crippen LogP contribution in [0.2, 0.25) is 0 Å². The van der Waals surface area contributed by atoms with Gasteiger partial charge in [0.15, 0.2) is 0 Å². The molecule has 92 valence electrons. The Hall–Kier alpha value is -0.510. The molecule has 3 nitrogen and oxygen atoms in total. The first-order valence-electron chi connectivity index (χ1n) is 5.65. The van der Waals surface area contributed by atoms with Crippen molar-refractivity contribution in [3.63, 3.8) is 0 Å². The van der Waals surface area contributed by atoms with E-state index in [-0.39, 0.29) is 17.2 Å². The summed E-state index contributed by atoms with van der Waals surface area (Å²) in [5, 5.41) is 0.354. The van der Waals surface area contributed by atoms with Gasteiger partial charge in [-0.3, -0.25) is 9.59 Å². The van der Waals surface area contributed by atoms with Crippen molar-refractivity contribution >= 4 is 23.5 Å². The summed E-state index contributed by atoms with van der Waals surface area (Å²) in [6, 6.07) is 0. The van der Waals surface area contributed by atoms with E-state index in [1.807, 2.05) is 0 Å². The first-order chi connectivity index (χ1) is 7.47. The third-order valence-electron chi connectivity index (χ3n) is 2.95. The number of methoxy groups -OCH3 is 1. The number of Topliss-reactive ketones (excluding diaryl/α,β-unsaturated/α-hetero) is 1. The molecule has 0 aromatic heterocycles. The van der Waals surface area contributed by atoms with Crippen LogP contribution in [-0.4, -0.2) is 29.9 Å². The van der Waals surface area contributed by atoms with E-state index in [2.05, 4.69) is 6.92 Å². The first-order valence-corrected chi connectivity index (χ1v) is 6.70. The summed E-state index contributed by atoms with van der Waals surface area (Å²) in [5.74, 6) is 1.09. The molecule has 1 unspecified atom stereocenters. The Bertz CT molecular complexity index is 271. The fraction of sp³-hybridized carbons (Fsp3) is 0.833. The van der Waals surface area contributed by atoms with Crippen LogP contribution in [0.15, 0.2) is 0 Å². The maximum atomic E-state index is 11.2. The number of carbonyl (C=O) groups is 2. The normalized spacial score (nSPS) is 18.9. The molecule has 0 aromatic rings. The molecule has 1 aliphatic carbocycles. The van der Waals surface area contributed by atoms with Gasteiger partial charge in [-0.1, -0.05) is 6.92 Å². The maximum absolute atomic E-state index is 11.2. The Morgan fingerprint density at radius 1 is 1.44 bits per heavy atom. The minimum atomic E-state index is -0.114. The molecule has 0 N–H and O–H groups in total. The summed E-state index contributed by atoms with van der Waals surface area (Å²) in [5.41, 5.74) is 0.169. The lowest BCUT2D eigenvalue weighted by atomic mass is 10.1. The highest BCUT2D eigenvalue weighted by Crippen LogP contribution is 2.51. The molecule has 0 saturated heterocycles. The van der Waals surface area contributed by atoms with Crippen LogP contribution in [0.5, 0.6) is 0 Å². The predicted molar refractivity (Wildman–Crippen MR) is 65.5 cm³/mol. The summed E-state index contributed by atoms with van der Waals surface area (Å²) in [6.07, 6.45) is 3.38. The van der Waals surface area contributed by atoms with Crippen LogP contribution < -0.4 is 0 Å². The van der Waals surface area contributed by atoms with E-state index in [4.69, 9.17) is 4.74 Å². The van der Waals surface area contributed by atoms with Crippen molar-refractivity contribution in [1.82, 2.24) is 0 Å². The Kier molecular flexibility index (Phi) is 4.84. The van der Waals surface area contributed by atoms with Gasteiger partial charge in [-0.25, -0.2) is 0 Å². The second-order valence-electron chi connectivity index (χ2n) is 4.78. The van der Waals surface area contributed by atoms with E-state index in [0.717, 1.165) is 18.6 Å². The predicted octanol–water partition coefficient (Wildman–Crippen LogP) is 2.43. The van der Waals surface area contributed by atoms with E-state index >= 15 is 0 Å². The Morgan fingerprint density at radius 2 is 2.06 bits per heavy atom. The fourth-order valence-corrected chi connectivity index (χ4v) is 3.09. The molecule has 1 saturated carbocycles. The zero-order valence-electron chi connectivity index (χ0n) is 10.2. The highest BCUT2D eigenvalue weighted by Gasteiger charge is 2.44. The fourth-order valence-electron chi connectivity index (χ4n) is 1.71. The summed E-state index contributed by atoms with van der Waals surface area (Å²) in [7, 11) is 1.43. The molecule has 1 atom stereocenters. The van der Waals surface area contributed by atoms with Gasteiger partial charge in [-0.05, 0) is 30.9 Å². The number of hydrogen-bond acceptors (Lipinski definition) is 4. The third kappa shape index (κ3) is 4.56. The molecule has 0 spiro atoms. The number of esters is 1. The topological polar surface area (TPSA) is 43.4 Å². The van der Waals surface area contributed by atoms with Crippen molar-refractivity contribution < 1.29 is 14.3 Å². The van der Waals surface area contributed by atoms with Gasteiger partial charge in [-0.15, -0.1) is 0 Å². The lowest BCUT2D eigenvalue weighted by Crippen LogP contribution is -2.15. The lowest BCUT2D eigenvalue weighted by Gasteiger charge is -2.16. The quantitative estimate of drug-likeness (QED) is 0.645. The van der Waals surface area contributed by atoms with Gasteiger partial charge in [0.2, 0.25) is 0 Å². The van der Waals surface area contributed by atoms with Crippen molar-refractivity contribution in [2.24, 2.45) is 5.41 Å². The molecule has 0 amide bonds. The smallest absolute Gasteiger partial charge is 0.306 e. The van der Waals surface area contributed by atoms with Crippen LogP contribution in [0, 0.1) is 5.41 Å². The van der Waals surface area contributed by atoms with Crippen LogP contribution in [0.25, 0.3) is 0 Å². The van der Waals surface area contributed by atoms with Crippen LogP contribution >= 0.6 is 11.8 Å². The van der Waals surface area contributed by atoms with Gasteiger partial charge in [0.1, 0.15) is 5.78 Å². The Morgan fingerprint density at radius 3 is 2.50 bits per heavy atom. The molecule has 1 aliphatic rings. The minimum Gasteiger partial charge on any atom is -0.469 e. The monoisotopic (exact) mass is 244 g/mol. The van der Waals surface area contributed by atoms with E-state index in [0.29, 0.717) is 18.1 Å². The van der Waals surface area contributed by atoms with E-state index in [1.165, 1.54) is 7.11 Å². The maximum Gasteiger partial charge on any atom is 0.306 e. The van der Waals surface area contributed by atoms with Crippen molar-refractivity contribution in [2.45, 2.75) is 44.8 Å². The highest BCUT2D eigenvalue weighted by molar-refractivity contribution is 7.99. The molecule has 0 radical (unpaired) electrons. The van der Waals surface area contributed by atoms with Gasteiger partial charge in [0.25, 0.3) is 0 Å². The van der Waals surface area contributed by atoms with Crippen LogP contribution in [-0.2, 0) is 14.3 Å². The van der Waals surface area contributed by atoms with E-state index in [9.17, 15) is 9.59 Å². The second kappa shape index (κ2) is 5.71. The van der Waals surface area contributed by atoms with Gasteiger partial charge >= 0.3 is 5.97 Å². The van der Waals surface area contributed by atoms with Crippen molar-refractivity contribution in [3.8, 4) is 0 Å². The average molecular weight is 244 g/mol. The highest BCUT2D eigenvalue weighted by atomic mass is 32.2. The summed E-state index contributed by atoms with van der Waals surface area (Å²) in [6.45, 7) is 3.69. The molecular formula is C12H20O3S. The molecule has 16 heavy (non-hydrogen) atoms. The van der Waals surface area contributed by atoms with Gasteiger partial charge in [-0.2, -0.15) is 11.8 Å². The van der Waals surface area contributed by atoms with Crippen LogP contribution in [0.1, 0.15) is 39.5 Å². The molecule has 4 heteroatoms. The largest absolute Gasteiger partial charge is 0.469 e. The average Bonchev–Trinajstić information content (AvgIpc) is 2.94.